The van der Waals surface area contributed by atoms with Crippen molar-refractivity contribution >= 4 is 41.5 Å². The Balaban J connectivity index is 0.00000208. The van der Waals surface area contributed by atoms with E-state index in [1.165, 1.54) is 0 Å². The van der Waals surface area contributed by atoms with Crippen molar-refractivity contribution in [1.82, 2.24) is 15.4 Å². The number of rotatable bonds is 2. The molecule has 1 aliphatic rings. The second kappa shape index (κ2) is 7.74. The number of halogens is 3. The predicted molar refractivity (Wildman–Crippen MR) is 97.3 cm³/mol. The van der Waals surface area contributed by atoms with Gasteiger partial charge in [0.2, 0.25) is 0 Å². The summed E-state index contributed by atoms with van der Waals surface area (Å²) in [7, 11) is 0. The van der Waals surface area contributed by atoms with Crippen molar-refractivity contribution in [3.8, 4) is 11.3 Å². The molecule has 2 aromatic rings. The third-order valence-corrected chi connectivity index (χ3v) is 4.56. The molecule has 1 aromatic carbocycles. The molecule has 0 bridgehead atoms. The molecule has 0 saturated carbocycles. The lowest BCUT2D eigenvalue weighted by Gasteiger charge is -2.31. The molecule has 1 atom stereocenters. The van der Waals surface area contributed by atoms with Crippen LogP contribution in [0.5, 0.6) is 0 Å². The minimum Gasteiger partial charge on any atom is -0.360 e. The van der Waals surface area contributed by atoms with Crippen molar-refractivity contribution in [2.24, 2.45) is 0 Å². The molecule has 0 radical (unpaired) electrons. The summed E-state index contributed by atoms with van der Waals surface area (Å²) in [5.74, 6) is 0.357. The van der Waals surface area contributed by atoms with Crippen LogP contribution >= 0.6 is 35.6 Å². The fourth-order valence-corrected chi connectivity index (χ4v) is 3.37. The fraction of sp³-hybridized carbons (Fsp3) is 0.375. The molecule has 130 valence electrons. The Morgan fingerprint density at radius 1 is 1.38 bits per heavy atom. The molecule has 1 N–H and O–H groups in total. The molecular weight excluding hydrogens is 373 g/mol. The average Bonchev–Trinajstić information content (AvgIpc) is 2.88. The van der Waals surface area contributed by atoms with E-state index >= 15 is 0 Å². The number of nitrogens with one attached hydrogen (secondary N) is 1. The van der Waals surface area contributed by atoms with E-state index in [4.69, 9.17) is 27.7 Å². The standard InChI is InChI=1S/C16H17Cl2N3O2.ClH/c1-9-8-21(7-6-19-9)16(22)13-10(2)23-20-15(13)14-11(17)4-3-5-12(14)18;/h3-5,9,19H,6-8H2,1-2H3;1H. The molecule has 1 saturated heterocycles. The van der Waals surface area contributed by atoms with Gasteiger partial charge in [0, 0.05) is 31.2 Å². The van der Waals surface area contributed by atoms with Gasteiger partial charge in [0.25, 0.3) is 5.91 Å². The molecular formula is C16H18Cl3N3O2. The van der Waals surface area contributed by atoms with Crippen LogP contribution < -0.4 is 5.32 Å². The van der Waals surface area contributed by atoms with Gasteiger partial charge >= 0.3 is 0 Å². The van der Waals surface area contributed by atoms with Crippen molar-refractivity contribution in [2.45, 2.75) is 19.9 Å². The van der Waals surface area contributed by atoms with Gasteiger partial charge in [-0.1, -0.05) is 34.4 Å². The Hall–Kier alpha value is -1.27. The summed E-state index contributed by atoms with van der Waals surface area (Å²) in [4.78, 5) is 14.8. The number of carbonyl (C=O) groups is 1. The SMILES string of the molecule is Cc1onc(-c2c(Cl)cccc2Cl)c1C(=O)N1CCNC(C)C1.Cl. The monoisotopic (exact) mass is 389 g/mol. The molecule has 0 aliphatic carbocycles. The Morgan fingerprint density at radius 2 is 2.04 bits per heavy atom. The van der Waals surface area contributed by atoms with Gasteiger partial charge in [0.1, 0.15) is 17.0 Å². The van der Waals surface area contributed by atoms with E-state index in [0.29, 0.717) is 45.7 Å². The Morgan fingerprint density at radius 3 is 2.67 bits per heavy atom. The van der Waals surface area contributed by atoms with E-state index in [-0.39, 0.29) is 24.4 Å². The molecule has 3 rings (SSSR count). The van der Waals surface area contributed by atoms with Crippen LogP contribution in [0.1, 0.15) is 23.0 Å². The van der Waals surface area contributed by atoms with Gasteiger partial charge in [-0.25, -0.2) is 0 Å². The Labute approximate surface area is 156 Å². The quantitative estimate of drug-likeness (QED) is 0.847. The van der Waals surface area contributed by atoms with Gasteiger partial charge in [-0.05, 0) is 26.0 Å². The van der Waals surface area contributed by atoms with Gasteiger partial charge in [0.05, 0.1) is 10.0 Å². The number of nitrogens with zero attached hydrogens (tertiary/aromatic N) is 2. The summed E-state index contributed by atoms with van der Waals surface area (Å²) in [5.41, 5.74) is 1.35. The normalized spacial score (nSPS) is 17.5. The van der Waals surface area contributed by atoms with Crippen molar-refractivity contribution < 1.29 is 9.32 Å². The number of hydrogen-bond acceptors (Lipinski definition) is 4. The summed E-state index contributed by atoms with van der Waals surface area (Å²) in [6, 6.07) is 5.43. The highest BCUT2D eigenvalue weighted by Crippen LogP contribution is 2.37. The molecule has 1 amide bonds. The van der Waals surface area contributed by atoms with E-state index < -0.39 is 0 Å². The maximum absolute atomic E-state index is 13.0. The molecule has 0 spiro atoms. The van der Waals surface area contributed by atoms with E-state index in [1.807, 2.05) is 6.92 Å². The van der Waals surface area contributed by atoms with Gasteiger partial charge in [-0.15, -0.1) is 12.4 Å². The van der Waals surface area contributed by atoms with Crippen LogP contribution in [0.4, 0.5) is 0 Å². The average molecular weight is 391 g/mol. The van der Waals surface area contributed by atoms with Gasteiger partial charge in [-0.3, -0.25) is 4.79 Å². The number of aryl methyl sites for hydroxylation is 1. The van der Waals surface area contributed by atoms with E-state index in [2.05, 4.69) is 10.5 Å². The first kappa shape index (κ1) is 19.1. The maximum Gasteiger partial charge on any atom is 0.259 e. The van der Waals surface area contributed by atoms with Crippen molar-refractivity contribution in [3.05, 3.63) is 39.6 Å². The lowest BCUT2D eigenvalue weighted by atomic mass is 10.0. The Bertz CT molecular complexity index is 728. The molecule has 24 heavy (non-hydrogen) atoms. The summed E-state index contributed by atoms with van der Waals surface area (Å²) < 4.78 is 5.27. The van der Waals surface area contributed by atoms with Gasteiger partial charge in [0.15, 0.2) is 0 Å². The van der Waals surface area contributed by atoms with Crippen LogP contribution in [0.3, 0.4) is 0 Å². The maximum atomic E-state index is 13.0. The number of benzene rings is 1. The van der Waals surface area contributed by atoms with Gasteiger partial charge < -0.3 is 14.7 Å². The second-order valence-electron chi connectivity index (χ2n) is 5.67. The van der Waals surface area contributed by atoms with Gasteiger partial charge in [-0.2, -0.15) is 0 Å². The molecule has 1 aliphatic heterocycles. The van der Waals surface area contributed by atoms with Crippen LogP contribution in [0.25, 0.3) is 11.3 Å². The highest BCUT2D eigenvalue weighted by atomic mass is 35.5. The highest BCUT2D eigenvalue weighted by Gasteiger charge is 2.30. The van der Waals surface area contributed by atoms with Crippen molar-refractivity contribution in [2.75, 3.05) is 19.6 Å². The Kier molecular flexibility index (Phi) is 6.15. The third-order valence-electron chi connectivity index (χ3n) is 3.93. The first-order valence-electron chi connectivity index (χ1n) is 7.42. The minimum absolute atomic E-state index is 0. The number of aromatic nitrogens is 1. The van der Waals surface area contributed by atoms with Crippen LogP contribution in [0, 0.1) is 6.92 Å². The summed E-state index contributed by atoms with van der Waals surface area (Å²) in [6.07, 6.45) is 0. The van der Waals surface area contributed by atoms with E-state index in [0.717, 1.165) is 6.54 Å². The number of hydrogen-bond donors (Lipinski definition) is 1. The first-order valence-corrected chi connectivity index (χ1v) is 8.18. The zero-order valence-electron chi connectivity index (χ0n) is 13.3. The molecule has 1 unspecified atom stereocenters. The molecule has 1 fully saturated rings. The summed E-state index contributed by atoms with van der Waals surface area (Å²) >= 11 is 12.5. The zero-order chi connectivity index (χ0) is 16.6. The number of carbonyl (C=O) groups excluding carboxylic acids is 1. The van der Waals surface area contributed by atoms with Crippen LogP contribution in [0.15, 0.2) is 22.7 Å². The summed E-state index contributed by atoms with van der Waals surface area (Å²) in [5, 5.41) is 8.23. The lowest BCUT2D eigenvalue weighted by Crippen LogP contribution is -2.51. The number of amides is 1. The second-order valence-corrected chi connectivity index (χ2v) is 6.48. The third kappa shape index (κ3) is 3.54. The van der Waals surface area contributed by atoms with E-state index in [1.54, 1.807) is 30.0 Å². The van der Waals surface area contributed by atoms with Crippen LogP contribution in [-0.2, 0) is 0 Å². The molecule has 5 nitrogen and oxygen atoms in total. The largest absolute Gasteiger partial charge is 0.360 e. The predicted octanol–water partition coefficient (Wildman–Crippen LogP) is 3.81. The lowest BCUT2D eigenvalue weighted by molar-refractivity contribution is 0.0708. The highest BCUT2D eigenvalue weighted by molar-refractivity contribution is 6.39. The van der Waals surface area contributed by atoms with Crippen molar-refractivity contribution in [1.29, 1.82) is 0 Å². The topological polar surface area (TPSA) is 58.4 Å². The van der Waals surface area contributed by atoms with E-state index in [9.17, 15) is 4.79 Å². The number of piperazine rings is 1. The minimum atomic E-state index is -0.108. The van der Waals surface area contributed by atoms with Crippen LogP contribution in [-0.4, -0.2) is 41.6 Å². The molecule has 1 aromatic heterocycles. The van der Waals surface area contributed by atoms with Crippen LogP contribution in [0.2, 0.25) is 10.0 Å². The fourth-order valence-electron chi connectivity index (χ4n) is 2.79. The molecule has 8 heteroatoms. The summed E-state index contributed by atoms with van der Waals surface area (Å²) in [6.45, 7) is 5.81. The van der Waals surface area contributed by atoms with Crippen molar-refractivity contribution in [3.63, 3.8) is 0 Å². The molecule has 2 heterocycles. The zero-order valence-corrected chi connectivity index (χ0v) is 15.6. The smallest absolute Gasteiger partial charge is 0.259 e. The first-order chi connectivity index (χ1) is 11.0.